The van der Waals surface area contributed by atoms with Gasteiger partial charge in [-0.1, -0.05) is 0 Å². The molecule has 0 amide bonds. The van der Waals surface area contributed by atoms with Gasteiger partial charge >= 0.3 is 0 Å². The maximum atomic E-state index is 12.2. The van der Waals surface area contributed by atoms with Crippen LogP contribution in [0.1, 0.15) is 5.56 Å². The molecule has 102 valence electrons. The first-order valence-electron chi connectivity index (χ1n) is 5.91. The molecule has 0 saturated heterocycles. The summed E-state index contributed by atoms with van der Waals surface area (Å²) in [7, 11) is 0. The fraction of sp³-hybridized carbons (Fsp3) is 0. The van der Waals surface area contributed by atoms with E-state index >= 15 is 0 Å². The molecule has 0 unspecified atom stereocenters. The van der Waals surface area contributed by atoms with Gasteiger partial charge in [-0.3, -0.25) is 14.9 Å². The van der Waals surface area contributed by atoms with Gasteiger partial charge in [0.2, 0.25) is 0 Å². The van der Waals surface area contributed by atoms with Gasteiger partial charge in [0.1, 0.15) is 0 Å². The van der Waals surface area contributed by atoms with E-state index in [1.807, 2.05) is 6.07 Å². The van der Waals surface area contributed by atoms with E-state index in [0.717, 1.165) is 4.74 Å². The second-order valence-corrected chi connectivity index (χ2v) is 4.29. The zero-order valence-electron chi connectivity index (χ0n) is 10.5. The number of nitro groups is 1. The fourth-order valence-corrected chi connectivity index (χ4v) is 1.97. The number of non-ortho nitro benzene ring substituents is 1. The Morgan fingerprint density at radius 2 is 1.90 bits per heavy atom. The van der Waals surface area contributed by atoms with Crippen molar-refractivity contribution in [2.45, 2.75) is 0 Å². The number of hydrogen-bond acceptors (Lipinski definition) is 5. The monoisotopic (exact) mass is 281 g/mol. The number of aromatic nitrogens is 1. The number of nitro benzene ring substituents is 1. The van der Waals surface area contributed by atoms with Crippen molar-refractivity contribution in [2.24, 2.45) is 0 Å². The maximum absolute atomic E-state index is 12.2. The Bertz CT molecular complexity index is 945. The Balaban J connectivity index is 2.19. The third kappa shape index (κ3) is 2.04. The molecule has 0 radical (unpaired) electrons. The molecule has 0 fully saturated rings. The van der Waals surface area contributed by atoms with Gasteiger partial charge in [0.25, 0.3) is 11.2 Å². The molecule has 3 aromatic rings. The zero-order chi connectivity index (χ0) is 15.0. The molecule has 1 heterocycles. The van der Waals surface area contributed by atoms with Crippen LogP contribution in [0.15, 0.2) is 51.8 Å². The van der Waals surface area contributed by atoms with Crippen LogP contribution < -0.4 is 5.56 Å². The molecular weight excluding hydrogens is 274 g/mol. The first-order chi connectivity index (χ1) is 10.1. The molecule has 0 aliphatic carbocycles. The molecule has 3 rings (SSSR count). The SMILES string of the molecule is N#Cc1ccc(-n2oc3cc([N+](=O)[O-])ccc3c2=O)cc1. The highest BCUT2D eigenvalue weighted by Crippen LogP contribution is 2.20. The summed E-state index contributed by atoms with van der Waals surface area (Å²) in [6, 6.07) is 12.0. The first kappa shape index (κ1) is 12.6. The molecule has 0 aliphatic heterocycles. The van der Waals surface area contributed by atoms with E-state index < -0.39 is 10.5 Å². The van der Waals surface area contributed by atoms with E-state index in [4.69, 9.17) is 9.78 Å². The molecule has 21 heavy (non-hydrogen) atoms. The lowest BCUT2D eigenvalue weighted by molar-refractivity contribution is -0.384. The van der Waals surface area contributed by atoms with Crippen molar-refractivity contribution >= 4 is 16.7 Å². The van der Waals surface area contributed by atoms with Crippen molar-refractivity contribution in [3.8, 4) is 11.8 Å². The second kappa shape index (κ2) is 4.61. The molecular formula is C14H7N3O4. The number of fused-ring (bicyclic) bond motifs is 1. The van der Waals surface area contributed by atoms with Crippen LogP contribution in [0.3, 0.4) is 0 Å². The van der Waals surface area contributed by atoms with E-state index in [0.29, 0.717) is 11.3 Å². The van der Waals surface area contributed by atoms with Gasteiger partial charge in [0.15, 0.2) is 5.58 Å². The van der Waals surface area contributed by atoms with Crippen LogP contribution >= 0.6 is 0 Å². The Kier molecular flexibility index (Phi) is 2.77. The predicted molar refractivity (Wildman–Crippen MR) is 73.2 cm³/mol. The summed E-state index contributed by atoms with van der Waals surface area (Å²) >= 11 is 0. The summed E-state index contributed by atoms with van der Waals surface area (Å²) in [6.45, 7) is 0. The van der Waals surface area contributed by atoms with E-state index in [2.05, 4.69) is 0 Å². The van der Waals surface area contributed by atoms with Crippen LogP contribution in [-0.4, -0.2) is 9.66 Å². The van der Waals surface area contributed by atoms with Gasteiger partial charge in [-0.05, 0) is 30.3 Å². The van der Waals surface area contributed by atoms with Crippen LogP contribution in [0.5, 0.6) is 0 Å². The lowest BCUT2D eigenvalue weighted by atomic mass is 10.2. The summed E-state index contributed by atoms with van der Waals surface area (Å²) in [6.07, 6.45) is 0. The third-order valence-corrected chi connectivity index (χ3v) is 3.01. The first-order valence-corrected chi connectivity index (χ1v) is 5.91. The van der Waals surface area contributed by atoms with Gasteiger partial charge in [0, 0.05) is 6.07 Å². The predicted octanol–water partition coefficient (Wildman–Crippen LogP) is 2.36. The summed E-state index contributed by atoms with van der Waals surface area (Å²) in [5.74, 6) is 0. The Hall–Kier alpha value is -3.40. The standard InChI is InChI=1S/C14H7N3O4/c15-8-9-1-3-10(4-2-9)16-14(18)12-6-5-11(17(19)20)7-13(12)21-16/h1-7H. The Morgan fingerprint density at radius 1 is 1.19 bits per heavy atom. The summed E-state index contributed by atoms with van der Waals surface area (Å²) in [5.41, 5.74) is 0.475. The number of hydrogen-bond donors (Lipinski definition) is 0. The van der Waals surface area contributed by atoms with Crippen molar-refractivity contribution in [1.82, 2.24) is 4.74 Å². The number of nitrogens with zero attached hydrogens (tertiary/aromatic N) is 3. The van der Waals surface area contributed by atoms with Crippen LogP contribution in [0.2, 0.25) is 0 Å². The molecule has 0 spiro atoms. The minimum Gasteiger partial charge on any atom is -0.370 e. The normalized spacial score (nSPS) is 10.4. The van der Waals surface area contributed by atoms with Gasteiger partial charge in [-0.25, -0.2) is 0 Å². The van der Waals surface area contributed by atoms with Crippen molar-refractivity contribution in [1.29, 1.82) is 5.26 Å². The van der Waals surface area contributed by atoms with Crippen molar-refractivity contribution in [3.05, 3.63) is 68.5 Å². The van der Waals surface area contributed by atoms with Crippen LogP contribution in [0, 0.1) is 21.4 Å². The van der Waals surface area contributed by atoms with Crippen molar-refractivity contribution in [3.63, 3.8) is 0 Å². The number of rotatable bonds is 2. The molecule has 0 N–H and O–H groups in total. The van der Waals surface area contributed by atoms with Gasteiger partial charge in [-0.2, -0.15) is 5.26 Å². The topological polar surface area (TPSA) is 102 Å². The van der Waals surface area contributed by atoms with Crippen molar-refractivity contribution in [2.75, 3.05) is 0 Å². The molecule has 7 nitrogen and oxygen atoms in total. The quantitative estimate of drug-likeness (QED) is 0.530. The molecule has 1 aromatic heterocycles. The maximum Gasteiger partial charge on any atom is 0.295 e. The summed E-state index contributed by atoms with van der Waals surface area (Å²) < 4.78 is 6.40. The third-order valence-electron chi connectivity index (χ3n) is 3.01. The highest BCUT2D eigenvalue weighted by molar-refractivity contribution is 5.78. The lowest BCUT2D eigenvalue weighted by Gasteiger charge is -1.98. The lowest BCUT2D eigenvalue weighted by Crippen LogP contribution is -2.11. The minimum atomic E-state index is -0.557. The van der Waals surface area contributed by atoms with E-state index in [9.17, 15) is 14.9 Å². The van der Waals surface area contributed by atoms with Gasteiger partial charge in [-0.15, -0.1) is 4.74 Å². The minimum absolute atomic E-state index is 0.138. The van der Waals surface area contributed by atoms with Crippen LogP contribution in [0.4, 0.5) is 5.69 Å². The highest BCUT2D eigenvalue weighted by atomic mass is 16.6. The van der Waals surface area contributed by atoms with Gasteiger partial charge < -0.3 is 4.52 Å². The average molecular weight is 281 g/mol. The van der Waals surface area contributed by atoms with E-state index in [1.165, 1.54) is 18.2 Å². The molecule has 0 saturated carbocycles. The van der Waals surface area contributed by atoms with E-state index in [1.54, 1.807) is 24.3 Å². The molecule has 0 atom stereocenters. The fourth-order valence-electron chi connectivity index (χ4n) is 1.97. The van der Waals surface area contributed by atoms with Crippen molar-refractivity contribution < 1.29 is 9.45 Å². The zero-order valence-corrected chi connectivity index (χ0v) is 10.5. The van der Waals surface area contributed by atoms with Crippen LogP contribution in [0.25, 0.3) is 16.7 Å². The summed E-state index contributed by atoms with van der Waals surface area (Å²) in [5, 5.41) is 19.7. The highest BCUT2D eigenvalue weighted by Gasteiger charge is 2.15. The molecule has 7 heteroatoms. The molecule has 0 aliphatic rings. The molecule has 0 bridgehead atoms. The number of nitriles is 1. The van der Waals surface area contributed by atoms with E-state index in [-0.39, 0.29) is 16.7 Å². The van der Waals surface area contributed by atoms with Gasteiger partial charge in [0.05, 0.1) is 33.7 Å². The average Bonchev–Trinajstić information content (AvgIpc) is 2.84. The Morgan fingerprint density at radius 3 is 2.52 bits per heavy atom. The summed E-state index contributed by atoms with van der Waals surface area (Å²) in [4.78, 5) is 22.4. The smallest absolute Gasteiger partial charge is 0.295 e. The molecule has 2 aromatic carbocycles. The van der Waals surface area contributed by atoms with Crippen LogP contribution in [-0.2, 0) is 0 Å². The largest absolute Gasteiger partial charge is 0.370 e. The number of benzene rings is 2. The second-order valence-electron chi connectivity index (χ2n) is 4.29. The Labute approximate surface area is 117 Å².